The number of hydrogen-bond acceptors (Lipinski definition) is 4. The van der Waals surface area contributed by atoms with Crippen molar-refractivity contribution in [1.82, 2.24) is 4.90 Å². The van der Waals surface area contributed by atoms with Crippen LogP contribution in [0.15, 0.2) is 18.2 Å². The summed E-state index contributed by atoms with van der Waals surface area (Å²) in [6, 6.07) is 4.60. The predicted molar refractivity (Wildman–Crippen MR) is 69.0 cm³/mol. The summed E-state index contributed by atoms with van der Waals surface area (Å²) in [6.45, 7) is 3.52. The molecule has 1 aliphatic rings. The van der Waals surface area contributed by atoms with Crippen molar-refractivity contribution in [2.45, 2.75) is 12.8 Å². The lowest BCUT2D eigenvalue weighted by Gasteiger charge is -2.16. The van der Waals surface area contributed by atoms with Crippen LogP contribution in [0.25, 0.3) is 0 Å². The number of hydrogen-bond donors (Lipinski definition) is 2. The maximum Gasteiger partial charge on any atom is 0.339 e. The van der Waals surface area contributed by atoms with Crippen LogP contribution in [-0.2, 0) is 0 Å². The minimum absolute atomic E-state index is 0.158. The van der Waals surface area contributed by atoms with Crippen LogP contribution in [0.5, 0.6) is 5.75 Å². The Morgan fingerprint density at radius 1 is 1.39 bits per heavy atom. The Morgan fingerprint density at radius 3 is 2.78 bits per heavy atom. The van der Waals surface area contributed by atoms with E-state index in [4.69, 9.17) is 15.6 Å². The van der Waals surface area contributed by atoms with E-state index in [1.807, 2.05) is 0 Å². The average molecular weight is 250 g/mol. The first-order valence-electron chi connectivity index (χ1n) is 6.15. The molecule has 1 aliphatic heterocycles. The molecule has 0 saturated carbocycles. The number of anilines is 1. The summed E-state index contributed by atoms with van der Waals surface area (Å²) in [4.78, 5) is 13.3. The summed E-state index contributed by atoms with van der Waals surface area (Å²) in [6.07, 6.45) is 2.47. The van der Waals surface area contributed by atoms with E-state index < -0.39 is 5.97 Å². The lowest BCUT2D eigenvalue weighted by atomic mass is 10.2. The normalized spacial score (nSPS) is 15.8. The van der Waals surface area contributed by atoms with Crippen molar-refractivity contribution < 1.29 is 14.6 Å². The van der Waals surface area contributed by atoms with Gasteiger partial charge in [0.15, 0.2) is 0 Å². The van der Waals surface area contributed by atoms with Crippen molar-refractivity contribution in [3.8, 4) is 5.75 Å². The van der Waals surface area contributed by atoms with E-state index >= 15 is 0 Å². The van der Waals surface area contributed by atoms with Gasteiger partial charge in [0, 0.05) is 18.3 Å². The number of aromatic carboxylic acids is 1. The molecule has 5 heteroatoms. The molecule has 3 N–H and O–H groups in total. The Hall–Kier alpha value is -1.75. The predicted octanol–water partition coefficient (Wildman–Crippen LogP) is 1.44. The summed E-state index contributed by atoms with van der Waals surface area (Å²) >= 11 is 0. The van der Waals surface area contributed by atoms with Crippen LogP contribution in [-0.4, -0.2) is 42.2 Å². The first-order valence-corrected chi connectivity index (χ1v) is 6.15. The Bertz CT molecular complexity index is 428. The largest absolute Gasteiger partial charge is 0.491 e. The van der Waals surface area contributed by atoms with E-state index in [0.717, 1.165) is 19.6 Å². The number of nitrogen functional groups attached to an aromatic ring is 1. The number of benzene rings is 1. The molecule has 18 heavy (non-hydrogen) atoms. The highest BCUT2D eigenvalue weighted by Gasteiger charge is 2.14. The zero-order valence-electron chi connectivity index (χ0n) is 10.3. The Kier molecular flexibility index (Phi) is 4.04. The molecule has 0 spiro atoms. The smallest absolute Gasteiger partial charge is 0.339 e. The van der Waals surface area contributed by atoms with Crippen LogP contribution in [0.2, 0.25) is 0 Å². The first-order chi connectivity index (χ1) is 8.66. The average Bonchev–Trinajstić information content (AvgIpc) is 2.82. The van der Waals surface area contributed by atoms with Crippen molar-refractivity contribution in [3.05, 3.63) is 23.8 Å². The molecule has 0 aliphatic carbocycles. The van der Waals surface area contributed by atoms with E-state index in [1.54, 1.807) is 12.1 Å². The zero-order valence-corrected chi connectivity index (χ0v) is 10.3. The lowest BCUT2D eigenvalue weighted by molar-refractivity contribution is 0.0692. The summed E-state index contributed by atoms with van der Waals surface area (Å²) in [7, 11) is 0. The lowest BCUT2D eigenvalue weighted by Crippen LogP contribution is -2.25. The fourth-order valence-electron chi connectivity index (χ4n) is 2.13. The molecular formula is C13H18N2O3. The summed E-state index contributed by atoms with van der Waals surface area (Å²) < 4.78 is 5.54. The summed E-state index contributed by atoms with van der Waals surface area (Å²) in [5.41, 5.74) is 6.31. The van der Waals surface area contributed by atoms with Gasteiger partial charge < -0.3 is 15.6 Å². The molecule has 98 valence electrons. The van der Waals surface area contributed by atoms with Gasteiger partial charge in [-0.1, -0.05) is 0 Å². The van der Waals surface area contributed by atoms with Crippen LogP contribution in [0.1, 0.15) is 23.2 Å². The van der Waals surface area contributed by atoms with Crippen molar-refractivity contribution >= 4 is 11.7 Å². The van der Waals surface area contributed by atoms with Crippen molar-refractivity contribution in [1.29, 1.82) is 0 Å². The molecule has 5 nitrogen and oxygen atoms in total. The maximum absolute atomic E-state index is 11.0. The van der Waals surface area contributed by atoms with Crippen LogP contribution in [0, 0.1) is 0 Å². The highest BCUT2D eigenvalue weighted by molar-refractivity contribution is 5.91. The summed E-state index contributed by atoms with van der Waals surface area (Å²) in [5, 5.41) is 9.04. The molecule has 0 aromatic heterocycles. The summed E-state index contributed by atoms with van der Waals surface area (Å²) in [5.74, 6) is -0.645. The quantitative estimate of drug-likeness (QED) is 0.773. The Balaban J connectivity index is 1.94. The van der Waals surface area contributed by atoms with Gasteiger partial charge in [0.05, 0.1) is 0 Å². The third kappa shape index (κ3) is 3.13. The highest BCUT2D eigenvalue weighted by atomic mass is 16.5. The zero-order chi connectivity index (χ0) is 13.0. The number of carbonyl (C=O) groups is 1. The molecule has 0 bridgehead atoms. The van der Waals surface area contributed by atoms with Gasteiger partial charge in [-0.15, -0.1) is 0 Å². The number of nitrogens with two attached hydrogens (primary N) is 1. The van der Waals surface area contributed by atoms with Crippen molar-refractivity contribution in [2.75, 3.05) is 32.0 Å². The molecule has 1 heterocycles. The molecule has 1 saturated heterocycles. The Morgan fingerprint density at radius 2 is 2.11 bits per heavy atom. The van der Waals surface area contributed by atoms with Crippen LogP contribution >= 0.6 is 0 Å². The number of likely N-dealkylation sites (tertiary alicyclic amines) is 1. The Labute approximate surface area is 106 Å². The van der Waals surface area contributed by atoms with E-state index in [0.29, 0.717) is 18.0 Å². The van der Waals surface area contributed by atoms with Gasteiger partial charge in [-0.25, -0.2) is 4.79 Å². The number of carboxylic acid groups (broad SMARTS) is 1. The van der Waals surface area contributed by atoms with Gasteiger partial charge in [0.1, 0.15) is 17.9 Å². The van der Waals surface area contributed by atoms with Gasteiger partial charge in [-0.2, -0.15) is 0 Å². The van der Waals surface area contributed by atoms with Gasteiger partial charge in [-0.05, 0) is 38.1 Å². The minimum Gasteiger partial charge on any atom is -0.491 e. The van der Waals surface area contributed by atoms with Crippen molar-refractivity contribution in [2.24, 2.45) is 0 Å². The van der Waals surface area contributed by atoms with E-state index in [1.165, 1.54) is 18.9 Å². The molecule has 1 aromatic carbocycles. The second-order valence-electron chi connectivity index (χ2n) is 4.46. The molecule has 1 aromatic rings. The highest BCUT2D eigenvalue weighted by Crippen LogP contribution is 2.22. The van der Waals surface area contributed by atoms with Gasteiger partial charge in [0.2, 0.25) is 0 Å². The van der Waals surface area contributed by atoms with E-state index in [2.05, 4.69) is 4.90 Å². The van der Waals surface area contributed by atoms with Gasteiger partial charge in [-0.3, -0.25) is 4.90 Å². The molecule has 0 unspecified atom stereocenters. The van der Waals surface area contributed by atoms with Crippen molar-refractivity contribution in [3.63, 3.8) is 0 Å². The van der Waals surface area contributed by atoms with Crippen LogP contribution in [0.3, 0.4) is 0 Å². The molecule has 1 fully saturated rings. The molecular weight excluding hydrogens is 232 g/mol. The molecule has 0 amide bonds. The van der Waals surface area contributed by atoms with Gasteiger partial charge in [0.25, 0.3) is 0 Å². The number of ether oxygens (including phenoxy) is 1. The topological polar surface area (TPSA) is 75.8 Å². The first kappa shape index (κ1) is 12.7. The SMILES string of the molecule is Nc1ccc(C(=O)O)c(OCCN2CCCC2)c1. The molecule has 0 atom stereocenters. The monoisotopic (exact) mass is 250 g/mol. The van der Waals surface area contributed by atoms with Crippen LogP contribution < -0.4 is 10.5 Å². The maximum atomic E-state index is 11.0. The van der Waals surface area contributed by atoms with E-state index in [9.17, 15) is 4.79 Å². The van der Waals surface area contributed by atoms with Gasteiger partial charge >= 0.3 is 5.97 Å². The fraction of sp³-hybridized carbons (Fsp3) is 0.462. The third-order valence-electron chi connectivity index (χ3n) is 3.10. The minimum atomic E-state index is -0.994. The molecule has 0 radical (unpaired) electrons. The fourth-order valence-corrected chi connectivity index (χ4v) is 2.13. The van der Waals surface area contributed by atoms with Crippen LogP contribution in [0.4, 0.5) is 5.69 Å². The second kappa shape index (κ2) is 5.73. The standard InChI is InChI=1S/C13H18N2O3/c14-10-3-4-11(13(16)17)12(9-10)18-8-7-15-5-1-2-6-15/h3-4,9H,1-2,5-8,14H2,(H,16,17). The number of rotatable bonds is 5. The second-order valence-corrected chi connectivity index (χ2v) is 4.46. The third-order valence-corrected chi connectivity index (χ3v) is 3.10. The molecule has 2 rings (SSSR count). The number of nitrogens with zero attached hydrogens (tertiary/aromatic N) is 1. The van der Waals surface area contributed by atoms with E-state index in [-0.39, 0.29) is 5.56 Å². The number of carboxylic acids is 1.